The minimum Gasteiger partial charge on any atom is -0.494 e. The molecule has 1 fully saturated rings. The lowest BCUT2D eigenvalue weighted by atomic mass is 9.97. The molecule has 1 saturated heterocycles. The molecule has 24 heavy (non-hydrogen) atoms. The van der Waals surface area contributed by atoms with E-state index in [1.807, 2.05) is 19.1 Å². The molecule has 1 aliphatic rings. The van der Waals surface area contributed by atoms with Crippen LogP contribution in [0.25, 0.3) is 0 Å². The lowest BCUT2D eigenvalue weighted by molar-refractivity contribution is -0.149. The summed E-state index contributed by atoms with van der Waals surface area (Å²) in [6, 6.07) is 8.18. The van der Waals surface area contributed by atoms with Gasteiger partial charge in [0.1, 0.15) is 5.75 Å². The first kappa shape index (κ1) is 20.8. The molecule has 0 atom stereocenters. The van der Waals surface area contributed by atoms with Gasteiger partial charge in [0.05, 0.1) is 19.1 Å². The second-order valence-corrected chi connectivity index (χ2v) is 6.24. The van der Waals surface area contributed by atoms with Crippen molar-refractivity contribution in [1.82, 2.24) is 4.90 Å². The second kappa shape index (κ2) is 11.3. The van der Waals surface area contributed by atoms with Crippen LogP contribution in [0.2, 0.25) is 0 Å². The molecule has 1 aromatic rings. The Balaban J connectivity index is 0.00000288. The Labute approximate surface area is 151 Å². The van der Waals surface area contributed by atoms with Gasteiger partial charge in [0.15, 0.2) is 0 Å². The first-order valence-corrected chi connectivity index (χ1v) is 8.77. The first-order chi connectivity index (χ1) is 11.2. The van der Waals surface area contributed by atoms with E-state index in [4.69, 9.17) is 9.47 Å². The molecule has 4 nitrogen and oxygen atoms in total. The third kappa shape index (κ3) is 7.10. The summed E-state index contributed by atoms with van der Waals surface area (Å²) in [6.45, 7) is 8.29. The van der Waals surface area contributed by atoms with E-state index in [9.17, 15) is 4.79 Å². The zero-order valence-electron chi connectivity index (χ0n) is 14.8. The summed E-state index contributed by atoms with van der Waals surface area (Å²) in [5.74, 6) is 1.05. The van der Waals surface area contributed by atoms with E-state index in [1.165, 1.54) is 5.56 Å². The number of carbonyl (C=O) groups is 1. The van der Waals surface area contributed by atoms with Crippen LogP contribution in [-0.4, -0.2) is 43.7 Å². The number of esters is 1. The van der Waals surface area contributed by atoms with Gasteiger partial charge >= 0.3 is 5.97 Å². The summed E-state index contributed by atoms with van der Waals surface area (Å²) in [6.07, 6.45) is 4.05. The van der Waals surface area contributed by atoms with Crippen molar-refractivity contribution < 1.29 is 14.3 Å². The van der Waals surface area contributed by atoms with Crippen molar-refractivity contribution in [2.75, 3.05) is 32.8 Å². The highest BCUT2D eigenvalue weighted by molar-refractivity contribution is 5.85. The summed E-state index contributed by atoms with van der Waals surface area (Å²) < 4.78 is 10.9. The van der Waals surface area contributed by atoms with Gasteiger partial charge in [0, 0.05) is 0 Å². The van der Waals surface area contributed by atoms with Gasteiger partial charge in [-0.2, -0.15) is 0 Å². The highest BCUT2D eigenvalue weighted by Crippen LogP contribution is 2.19. The molecule has 2 rings (SSSR count). The van der Waals surface area contributed by atoms with Gasteiger partial charge in [-0.15, -0.1) is 12.4 Å². The Hall–Kier alpha value is -1.26. The summed E-state index contributed by atoms with van der Waals surface area (Å²) in [4.78, 5) is 14.2. The summed E-state index contributed by atoms with van der Waals surface area (Å²) in [7, 11) is 0. The van der Waals surface area contributed by atoms with Crippen molar-refractivity contribution in [2.24, 2.45) is 5.92 Å². The maximum Gasteiger partial charge on any atom is 0.309 e. The van der Waals surface area contributed by atoms with E-state index < -0.39 is 0 Å². The van der Waals surface area contributed by atoms with Crippen molar-refractivity contribution in [1.29, 1.82) is 0 Å². The molecule has 0 saturated carbocycles. The lowest BCUT2D eigenvalue weighted by Gasteiger charge is -2.30. The van der Waals surface area contributed by atoms with Crippen molar-refractivity contribution in [3.05, 3.63) is 29.8 Å². The monoisotopic (exact) mass is 355 g/mol. The van der Waals surface area contributed by atoms with Crippen LogP contribution in [0.1, 0.15) is 38.2 Å². The number of likely N-dealkylation sites (tertiary alicyclic amines) is 1. The average molecular weight is 356 g/mol. The Bertz CT molecular complexity index is 487. The number of rotatable bonds is 8. The van der Waals surface area contributed by atoms with Crippen molar-refractivity contribution in [3.63, 3.8) is 0 Å². The van der Waals surface area contributed by atoms with E-state index in [2.05, 4.69) is 24.0 Å². The molecule has 0 unspecified atom stereocenters. The number of benzene rings is 1. The van der Waals surface area contributed by atoms with Crippen molar-refractivity contribution in [3.8, 4) is 5.75 Å². The number of hydrogen-bond acceptors (Lipinski definition) is 4. The number of halogens is 1. The SMILES string of the molecule is CCOC(=O)C1CCN(CCCCOc2cccc(C)c2)CC1.Cl. The predicted molar refractivity (Wildman–Crippen MR) is 99.0 cm³/mol. The maximum atomic E-state index is 11.7. The van der Waals surface area contributed by atoms with Crippen LogP contribution in [0.4, 0.5) is 0 Å². The molecule has 136 valence electrons. The normalized spacial score (nSPS) is 15.6. The number of nitrogens with zero attached hydrogens (tertiary/aromatic N) is 1. The van der Waals surface area contributed by atoms with Gasteiger partial charge < -0.3 is 14.4 Å². The molecule has 0 bridgehead atoms. The Morgan fingerprint density at radius 2 is 2.00 bits per heavy atom. The van der Waals surface area contributed by atoms with E-state index in [0.29, 0.717) is 6.61 Å². The van der Waals surface area contributed by atoms with Gasteiger partial charge in [-0.1, -0.05) is 12.1 Å². The fourth-order valence-corrected chi connectivity index (χ4v) is 2.99. The minimum atomic E-state index is -0.0151. The summed E-state index contributed by atoms with van der Waals surface area (Å²) in [5, 5.41) is 0. The largest absolute Gasteiger partial charge is 0.494 e. The second-order valence-electron chi connectivity index (χ2n) is 6.24. The predicted octanol–water partition coefficient (Wildman–Crippen LogP) is 3.85. The van der Waals surface area contributed by atoms with Crippen LogP contribution in [0, 0.1) is 12.8 Å². The molecule has 1 aromatic carbocycles. The molecular weight excluding hydrogens is 326 g/mol. The highest BCUT2D eigenvalue weighted by Gasteiger charge is 2.25. The third-order valence-electron chi connectivity index (χ3n) is 4.33. The number of ether oxygens (including phenoxy) is 2. The van der Waals surface area contributed by atoms with Crippen molar-refractivity contribution in [2.45, 2.75) is 39.5 Å². The quantitative estimate of drug-likeness (QED) is 0.524. The lowest BCUT2D eigenvalue weighted by Crippen LogP contribution is -2.37. The van der Waals surface area contributed by atoms with Crippen LogP contribution in [0.3, 0.4) is 0 Å². The summed E-state index contributed by atoms with van der Waals surface area (Å²) in [5.41, 5.74) is 1.23. The smallest absolute Gasteiger partial charge is 0.309 e. The molecule has 1 aliphatic heterocycles. The van der Waals surface area contributed by atoms with E-state index >= 15 is 0 Å². The van der Waals surface area contributed by atoms with Crippen molar-refractivity contribution >= 4 is 18.4 Å². The Morgan fingerprint density at radius 1 is 1.25 bits per heavy atom. The van der Waals surface area contributed by atoms with Gasteiger partial charge in [-0.3, -0.25) is 4.79 Å². The van der Waals surface area contributed by atoms with Gasteiger partial charge in [-0.05, 0) is 76.9 Å². The van der Waals surface area contributed by atoms with E-state index in [-0.39, 0.29) is 24.3 Å². The standard InChI is InChI=1S/C19H29NO3.ClH/c1-3-22-19(21)17-9-12-20(13-10-17)11-4-5-14-23-18-8-6-7-16(2)15-18;/h6-8,15,17H,3-5,9-14H2,1-2H3;1H. The molecule has 5 heteroatoms. The number of hydrogen-bond donors (Lipinski definition) is 0. The van der Waals surface area contributed by atoms with E-state index in [1.54, 1.807) is 0 Å². The zero-order valence-corrected chi connectivity index (χ0v) is 15.6. The molecule has 0 aliphatic carbocycles. The molecule has 0 N–H and O–H groups in total. The average Bonchev–Trinajstić information content (AvgIpc) is 2.55. The molecule has 0 radical (unpaired) electrons. The molecular formula is C19H30ClNO3. The third-order valence-corrected chi connectivity index (χ3v) is 4.33. The molecule has 0 spiro atoms. The zero-order chi connectivity index (χ0) is 16.5. The number of unbranched alkanes of at least 4 members (excludes halogenated alkanes) is 1. The topological polar surface area (TPSA) is 38.8 Å². The fraction of sp³-hybridized carbons (Fsp3) is 0.632. The van der Waals surface area contributed by atoms with Gasteiger partial charge in [-0.25, -0.2) is 0 Å². The number of carbonyl (C=O) groups excluding carboxylic acids is 1. The fourth-order valence-electron chi connectivity index (χ4n) is 2.99. The van der Waals surface area contributed by atoms with E-state index in [0.717, 1.165) is 57.7 Å². The molecule has 1 heterocycles. The first-order valence-electron chi connectivity index (χ1n) is 8.77. The van der Waals surface area contributed by atoms with Crippen LogP contribution in [0.5, 0.6) is 5.75 Å². The van der Waals surface area contributed by atoms with Gasteiger partial charge in [0.25, 0.3) is 0 Å². The Morgan fingerprint density at radius 3 is 2.67 bits per heavy atom. The molecule has 0 aromatic heterocycles. The van der Waals surface area contributed by atoms with Gasteiger partial charge in [0.2, 0.25) is 0 Å². The number of piperidine rings is 1. The van der Waals surface area contributed by atoms with Crippen LogP contribution < -0.4 is 4.74 Å². The van der Waals surface area contributed by atoms with Crippen LogP contribution in [-0.2, 0) is 9.53 Å². The molecule has 0 amide bonds. The highest BCUT2D eigenvalue weighted by atomic mass is 35.5. The van der Waals surface area contributed by atoms with Crippen LogP contribution >= 0.6 is 12.4 Å². The maximum absolute atomic E-state index is 11.7. The summed E-state index contributed by atoms with van der Waals surface area (Å²) >= 11 is 0. The van der Waals surface area contributed by atoms with Crippen LogP contribution in [0.15, 0.2) is 24.3 Å². The minimum absolute atomic E-state index is 0. The Kier molecular flexibility index (Phi) is 9.80. The number of aryl methyl sites for hydroxylation is 1.